The van der Waals surface area contributed by atoms with Crippen molar-refractivity contribution in [3.8, 4) is 0 Å². The van der Waals surface area contributed by atoms with Crippen molar-refractivity contribution >= 4 is 16.5 Å². The van der Waals surface area contributed by atoms with E-state index >= 15 is 0 Å². The first-order valence-electron chi connectivity index (χ1n) is 7.26. The van der Waals surface area contributed by atoms with Crippen molar-refractivity contribution in [2.75, 3.05) is 7.05 Å². The van der Waals surface area contributed by atoms with Crippen LogP contribution in [0.15, 0.2) is 0 Å². The fraction of sp³-hybridized carbons (Fsp3) is 1.00. The van der Waals surface area contributed by atoms with Crippen molar-refractivity contribution in [1.82, 2.24) is 4.23 Å². The van der Waals surface area contributed by atoms with Crippen LogP contribution in [-0.2, 0) is 0 Å². The molecule has 0 aliphatic rings. The fourth-order valence-corrected chi connectivity index (χ4v) is 16.1. The highest BCUT2D eigenvalue weighted by Crippen LogP contribution is 2.33. The van der Waals surface area contributed by atoms with Gasteiger partial charge in [-0.1, -0.05) is 41.5 Å². The molecule has 0 spiro atoms. The lowest BCUT2D eigenvalue weighted by atomic mass is 10.9. The largest absolute Gasteiger partial charge is 0.348 e. The van der Waals surface area contributed by atoms with E-state index < -0.39 is 16.5 Å². The van der Waals surface area contributed by atoms with Crippen LogP contribution in [0.25, 0.3) is 0 Å². The zero-order chi connectivity index (χ0) is 12.8. The van der Waals surface area contributed by atoms with E-state index in [0.717, 1.165) is 0 Å². The van der Waals surface area contributed by atoms with Crippen LogP contribution in [0.1, 0.15) is 41.5 Å². The summed E-state index contributed by atoms with van der Waals surface area (Å²) in [6, 6.07) is 8.61. The van der Waals surface area contributed by atoms with Gasteiger partial charge in [-0.15, -0.1) is 0 Å². The lowest BCUT2D eigenvalue weighted by molar-refractivity contribution is 0.689. The minimum atomic E-state index is -1.12. The SMILES string of the molecule is CC[Si](CC)(CC)N(C)[Si](CC)(CC)CC. The molecule has 0 saturated carbocycles. The quantitative estimate of drug-likeness (QED) is 0.559. The van der Waals surface area contributed by atoms with Crippen molar-refractivity contribution < 1.29 is 0 Å². The van der Waals surface area contributed by atoms with Gasteiger partial charge in [-0.3, -0.25) is 0 Å². The van der Waals surface area contributed by atoms with Crippen LogP contribution < -0.4 is 0 Å². The molecule has 0 aromatic rings. The van der Waals surface area contributed by atoms with Crippen molar-refractivity contribution in [2.24, 2.45) is 0 Å². The van der Waals surface area contributed by atoms with Gasteiger partial charge < -0.3 is 4.23 Å². The molecule has 0 aromatic heterocycles. The highest BCUT2D eigenvalue weighted by molar-refractivity contribution is 6.92. The molecule has 0 bridgehead atoms. The van der Waals surface area contributed by atoms with Crippen LogP contribution in [0.4, 0.5) is 0 Å². The molecule has 1 nitrogen and oxygen atoms in total. The maximum absolute atomic E-state index is 2.99. The van der Waals surface area contributed by atoms with Crippen LogP contribution in [0.2, 0.25) is 36.3 Å². The average molecular weight is 260 g/mol. The van der Waals surface area contributed by atoms with Gasteiger partial charge in [-0.25, -0.2) is 0 Å². The topological polar surface area (TPSA) is 3.24 Å². The van der Waals surface area contributed by atoms with Crippen LogP contribution >= 0.6 is 0 Å². The van der Waals surface area contributed by atoms with Crippen LogP contribution in [0.5, 0.6) is 0 Å². The molecule has 0 fully saturated rings. The Kier molecular flexibility index (Phi) is 7.14. The zero-order valence-electron chi connectivity index (χ0n) is 12.7. The maximum Gasteiger partial charge on any atom is 0.120 e. The molecule has 3 heteroatoms. The Hall–Kier alpha value is 0.394. The summed E-state index contributed by atoms with van der Waals surface area (Å²) < 4.78 is 2.99. The highest BCUT2D eigenvalue weighted by atomic mass is 28.4. The molecule has 0 radical (unpaired) electrons. The standard InChI is InChI=1S/C13H33NSi2/c1-8-15(9-2,10-3)14(7)16(11-4,12-5)13-6/h8-13H2,1-7H3. The van der Waals surface area contributed by atoms with Gasteiger partial charge in [0, 0.05) is 0 Å². The van der Waals surface area contributed by atoms with Crippen LogP contribution in [0, 0.1) is 0 Å². The molecule has 0 saturated heterocycles. The second-order valence-electron chi connectivity index (χ2n) is 5.13. The second-order valence-corrected chi connectivity index (χ2v) is 16.1. The predicted molar refractivity (Wildman–Crippen MR) is 82.2 cm³/mol. The number of hydrogen-bond donors (Lipinski definition) is 0. The Labute approximate surface area is 106 Å². The van der Waals surface area contributed by atoms with E-state index in [1.54, 1.807) is 0 Å². The van der Waals surface area contributed by atoms with Crippen LogP contribution in [0.3, 0.4) is 0 Å². The third kappa shape index (κ3) is 2.80. The van der Waals surface area contributed by atoms with Crippen molar-refractivity contribution in [1.29, 1.82) is 0 Å². The number of nitrogens with zero attached hydrogens (tertiary/aromatic N) is 1. The van der Waals surface area contributed by atoms with E-state index in [1.165, 1.54) is 36.3 Å². The first-order chi connectivity index (χ1) is 7.52. The van der Waals surface area contributed by atoms with Crippen molar-refractivity contribution in [2.45, 2.75) is 77.8 Å². The Morgan fingerprint density at radius 1 is 0.562 bits per heavy atom. The minimum absolute atomic E-state index is 1.12. The smallest absolute Gasteiger partial charge is 0.120 e. The van der Waals surface area contributed by atoms with E-state index in [-0.39, 0.29) is 0 Å². The summed E-state index contributed by atoms with van der Waals surface area (Å²) >= 11 is 0. The van der Waals surface area contributed by atoms with E-state index in [2.05, 4.69) is 52.8 Å². The summed E-state index contributed by atoms with van der Waals surface area (Å²) in [5.41, 5.74) is 0. The monoisotopic (exact) mass is 259 g/mol. The van der Waals surface area contributed by atoms with Gasteiger partial charge in [-0.05, 0) is 43.3 Å². The lowest BCUT2D eigenvalue weighted by Crippen LogP contribution is -2.63. The fourth-order valence-electron chi connectivity index (χ4n) is 3.43. The van der Waals surface area contributed by atoms with Gasteiger partial charge in [0.1, 0.15) is 16.5 Å². The van der Waals surface area contributed by atoms with Crippen molar-refractivity contribution in [3.05, 3.63) is 0 Å². The van der Waals surface area contributed by atoms with Gasteiger partial charge in [-0.2, -0.15) is 0 Å². The number of rotatable bonds is 8. The molecule has 0 heterocycles. The molecule has 0 aromatic carbocycles. The highest BCUT2D eigenvalue weighted by Gasteiger charge is 2.43. The normalized spacial score (nSPS) is 13.5. The summed E-state index contributed by atoms with van der Waals surface area (Å²) in [7, 11) is 0.229. The molecular formula is C13H33NSi2. The molecule has 0 amide bonds. The van der Waals surface area contributed by atoms with E-state index in [0.29, 0.717) is 0 Å². The molecule has 98 valence electrons. The maximum atomic E-state index is 2.99. The number of hydrogen-bond acceptors (Lipinski definition) is 1. The molecule has 16 heavy (non-hydrogen) atoms. The summed E-state index contributed by atoms with van der Waals surface area (Å²) in [6.45, 7) is 14.6. The summed E-state index contributed by atoms with van der Waals surface area (Å²) in [5.74, 6) is 0. The first-order valence-corrected chi connectivity index (χ1v) is 12.4. The summed E-state index contributed by atoms with van der Waals surface area (Å²) in [5, 5.41) is 0. The summed E-state index contributed by atoms with van der Waals surface area (Å²) in [4.78, 5) is 0. The third-order valence-electron chi connectivity index (χ3n) is 5.37. The van der Waals surface area contributed by atoms with Gasteiger partial charge in [0.15, 0.2) is 0 Å². The van der Waals surface area contributed by atoms with Gasteiger partial charge in [0.05, 0.1) is 0 Å². The van der Waals surface area contributed by atoms with E-state index in [4.69, 9.17) is 0 Å². The van der Waals surface area contributed by atoms with E-state index in [9.17, 15) is 0 Å². The van der Waals surface area contributed by atoms with E-state index in [1.807, 2.05) is 0 Å². The molecule has 0 rings (SSSR count). The molecule has 0 atom stereocenters. The molecule has 0 N–H and O–H groups in total. The Bertz CT molecular complexity index is 150. The third-order valence-corrected chi connectivity index (χ3v) is 19.0. The first kappa shape index (κ1) is 16.4. The van der Waals surface area contributed by atoms with Gasteiger partial charge in [0.2, 0.25) is 0 Å². The Morgan fingerprint density at radius 3 is 0.875 bits per heavy atom. The molecule has 0 unspecified atom stereocenters. The molecular weight excluding hydrogens is 226 g/mol. The van der Waals surface area contributed by atoms with Gasteiger partial charge in [0.25, 0.3) is 0 Å². The Morgan fingerprint density at radius 2 is 0.750 bits per heavy atom. The molecule has 0 aliphatic heterocycles. The second kappa shape index (κ2) is 6.97. The lowest BCUT2D eigenvalue weighted by Gasteiger charge is -2.50. The van der Waals surface area contributed by atoms with Crippen LogP contribution in [-0.4, -0.2) is 27.7 Å². The van der Waals surface area contributed by atoms with Gasteiger partial charge >= 0.3 is 0 Å². The average Bonchev–Trinajstić information content (AvgIpc) is 2.35. The predicted octanol–water partition coefficient (Wildman–Crippen LogP) is 4.93. The minimum Gasteiger partial charge on any atom is -0.348 e. The molecule has 0 aliphatic carbocycles. The summed E-state index contributed by atoms with van der Waals surface area (Å²) in [6.07, 6.45) is 0. The van der Waals surface area contributed by atoms with Crippen molar-refractivity contribution in [3.63, 3.8) is 0 Å². The Balaban J connectivity index is 5.16. The zero-order valence-corrected chi connectivity index (χ0v) is 14.7.